The molecule has 0 radical (unpaired) electrons. The standard InChI is InChI=1S/C26H26N4O/c31-26(18-21-9-11-23(12-10-21)22-6-2-1-3-7-22)29-16-14-28(15-17-29)20-24-19-27-25-8-4-5-13-30(24)25/h1-13,19H,14-18,20H2. The summed E-state index contributed by atoms with van der Waals surface area (Å²) in [5.41, 5.74) is 5.61. The van der Waals surface area contributed by atoms with E-state index in [1.54, 1.807) is 0 Å². The maximum Gasteiger partial charge on any atom is 0.227 e. The molecule has 1 amide bonds. The molecular weight excluding hydrogens is 384 g/mol. The minimum Gasteiger partial charge on any atom is -0.340 e. The first-order valence-electron chi connectivity index (χ1n) is 10.8. The van der Waals surface area contributed by atoms with Gasteiger partial charge in [0.25, 0.3) is 0 Å². The van der Waals surface area contributed by atoms with Gasteiger partial charge in [0, 0.05) is 38.9 Å². The van der Waals surface area contributed by atoms with Gasteiger partial charge in [0.1, 0.15) is 5.65 Å². The van der Waals surface area contributed by atoms with E-state index in [0.717, 1.165) is 43.9 Å². The van der Waals surface area contributed by atoms with E-state index in [0.29, 0.717) is 6.42 Å². The largest absolute Gasteiger partial charge is 0.340 e. The number of rotatable bonds is 5. The Morgan fingerprint density at radius 2 is 1.52 bits per heavy atom. The highest BCUT2D eigenvalue weighted by Gasteiger charge is 2.22. The molecule has 2 aromatic carbocycles. The summed E-state index contributed by atoms with van der Waals surface area (Å²) in [5, 5.41) is 0. The third kappa shape index (κ3) is 4.37. The summed E-state index contributed by atoms with van der Waals surface area (Å²) in [6.07, 6.45) is 4.47. The van der Waals surface area contributed by atoms with Crippen molar-refractivity contribution >= 4 is 11.6 Å². The molecule has 156 valence electrons. The fourth-order valence-electron chi connectivity index (χ4n) is 4.22. The number of amides is 1. The summed E-state index contributed by atoms with van der Waals surface area (Å²) < 4.78 is 2.14. The van der Waals surface area contributed by atoms with Crippen LogP contribution in [-0.2, 0) is 17.8 Å². The first kappa shape index (κ1) is 19.5. The number of aromatic nitrogens is 2. The molecular formula is C26H26N4O. The fraction of sp³-hybridized carbons (Fsp3) is 0.231. The van der Waals surface area contributed by atoms with Gasteiger partial charge in [-0.25, -0.2) is 4.98 Å². The molecule has 4 aromatic rings. The number of hydrogen-bond acceptors (Lipinski definition) is 3. The highest BCUT2D eigenvalue weighted by atomic mass is 16.2. The van der Waals surface area contributed by atoms with E-state index in [9.17, 15) is 4.79 Å². The van der Waals surface area contributed by atoms with Gasteiger partial charge in [-0.1, -0.05) is 60.7 Å². The lowest BCUT2D eigenvalue weighted by Crippen LogP contribution is -2.48. The molecule has 2 aromatic heterocycles. The van der Waals surface area contributed by atoms with E-state index in [4.69, 9.17) is 0 Å². The van der Waals surface area contributed by atoms with Crippen molar-refractivity contribution in [2.45, 2.75) is 13.0 Å². The monoisotopic (exact) mass is 410 g/mol. The van der Waals surface area contributed by atoms with Crippen LogP contribution < -0.4 is 0 Å². The van der Waals surface area contributed by atoms with Crippen LogP contribution in [0.4, 0.5) is 0 Å². The minimum absolute atomic E-state index is 0.210. The van der Waals surface area contributed by atoms with Crippen molar-refractivity contribution in [2.24, 2.45) is 0 Å². The van der Waals surface area contributed by atoms with E-state index in [2.05, 4.69) is 56.9 Å². The van der Waals surface area contributed by atoms with Crippen LogP contribution in [0.25, 0.3) is 16.8 Å². The molecule has 0 aliphatic carbocycles. The predicted octanol–water partition coefficient (Wildman–Crippen LogP) is 3.89. The van der Waals surface area contributed by atoms with Crippen LogP contribution >= 0.6 is 0 Å². The lowest BCUT2D eigenvalue weighted by molar-refractivity contribution is -0.132. The van der Waals surface area contributed by atoms with E-state index < -0.39 is 0 Å². The Bertz CT molecular complexity index is 1160. The Hall–Kier alpha value is -3.44. The number of imidazole rings is 1. The summed E-state index contributed by atoms with van der Waals surface area (Å²) >= 11 is 0. The van der Waals surface area contributed by atoms with Crippen LogP contribution in [0.3, 0.4) is 0 Å². The van der Waals surface area contributed by atoms with Crippen molar-refractivity contribution in [2.75, 3.05) is 26.2 Å². The number of pyridine rings is 1. The Labute approximate surface area is 182 Å². The van der Waals surface area contributed by atoms with Crippen molar-refractivity contribution in [1.82, 2.24) is 19.2 Å². The zero-order valence-corrected chi connectivity index (χ0v) is 17.5. The lowest BCUT2D eigenvalue weighted by Gasteiger charge is -2.34. The summed E-state index contributed by atoms with van der Waals surface area (Å²) in [4.78, 5) is 21.7. The summed E-state index contributed by atoms with van der Waals surface area (Å²) in [6, 6.07) is 24.7. The first-order valence-corrected chi connectivity index (χ1v) is 10.8. The maximum absolute atomic E-state index is 12.8. The number of hydrogen-bond donors (Lipinski definition) is 0. The second-order valence-electron chi connectivity index (χ2n) is 8.08. The van der Waals surface area contributed by atoms with Gasteiger partial charge < -0.3 is 9.30 Å². The van der Waals surface area contributed by atoms with Crippen LogP contribution in [0.2, 0.25) is 0 Å². The van der Waals surface area contributed by atoms with Gasteiger partial charge >= 0.3 is 0 Å². The van der Waals surface area contributed by atoms with Gasteiger partial charge in [0.05, 0.1) is 18.3 Å². The Morgan fingerprint density at radius 1 is 0.806 bits per heavy atom. The second-order valence-corrected chi connectivity index (χ2v) is 8.08. The number of fused-ring (bicyclic) bond motifs is 1. The molecule has 5 nitrogen and oxygen atoms in total. The maximum atomic E-state index is 12.8. The Balaban J connectivity index is 1.15. The van der Waals surface area contributed by atoms with Gasteiger partial charge in [0.2, 0.25) is 5.91 Å². The quantitative estimate of drug-likeness (QED) is 0.501. The number of nitrogens with zero attached hydrogens (tertiary/aromatic N) is 4. The minimum atomic E-state index is 0.210. The van der Waals surface area contributed by atoms with Gasteiger partial charge in [-0.2, -0.15) is 0 Å². The molecule has 0 saturated carbocycles. The third-order valence-electron chi connectivity index (χ3n) is 6.02. The first-order chi connectivity index (χ1) is 15.3. The van der Waals surface area contributed by atoms with Crippen molar-refractivity contribution in [3.63, 3.8) is 0 Å². The normalized spacial score (nSPS) is 14.8. The zero-order valence-electron chi connectivity index (χ0n) is 17.5. The zero-order chi connectivity index (χ0) is 21.0. The second kappa shape index (κ2) is 8.74. The SMILES string of the molecule is O=C(Cc1ccc(-c2ccccc2)cc1)N1CCN(Cc2cnc3ccccn23)CC1. The molecule has 1 fully saturated rings. The van der Waals surface area contributed by atoms with Crippen LogP contribution in [0.1, 0.15) is 11.3 Å². The molecule has 0 bridgehead atoms. The molecule has 1 aliphatic heterocycles. The van der Waals surface area contributed by atoms with E-state index >= 15 is 0 Å². The summed E-state index contributed by atoms with van der Waals surface area (Å²) in [7, 11) is 0. The molecule has 31 heavy (non-hydrogen) atoms. The van der Waals surface area contributed by atoms with Crippen LogP contribution in [0.15, 0.2) is 85.2 Å². The molecule has 0 unspecified atom stereocenters. The van der Waals surface area contributed by atoms with E-state index in [-0.39, 0.29) is 5.91 Å². The predicted molar refractivity (Wildman–Crippen MR) is 123 cm³/mol. The van der Waals surface area contributed by atoms with Crippen LogP contribution in [-0.4, -0.2) is 51.3 Å². The summed E-state index contributed by atoms with van der Waals surface area (Å²) in [5.74, 6) is 0.210. The van der Waals surface area contributed by atoms with E-state index in [1.165, 1.54) is 16.8 Å². The molecule has 1 saturated heterocycles. The number of carbonyl (C=O) groups excluding carboxylic acids is 1. The van der Waals surface area contributed by atoms with Gasteiger partial charge in [-0.05, 0) is 28.8 Å². The van der Waals surface area contributed by atoms with E-state index in [1.807, 2.05) is 47.5 Å². The smallest absolute Gasteiger partial charge is 0.227 e. The summed E-state index contributed by atoms with van der Waals surface area (Å²) in [6.45, 7) is 4.18. The number of piperazine rings is 1. The average molecular weight is 411 g/mol. The number of benzene rings is 2. The number of carbonyl (C=O) groups is 1. The lowest BCUT2D eigenvalue weighted by atomic mass is 10.0. The average Bonchev–Trinajstić information content (AvgIpc) is 3.23. The molecule has 0 N–H and O–H groups in total. The Morgan fingerprint density at radius 3 is 2.29 bits per heavy atom. The van der Waals surface area contributed by atoms with Gasteiger partial charge in [0.15, 0.2) is 0 Å². The molecule has 1 aliphatic rings. The Kier molecular flexibility index (Phi) is 5.50. The van der Waals surface area contributed by atoms with Crippen molar-refractivity contribution in [1.29, 1.82) is 0 Å². The topological polar surface area (TPSA) is 40.9 Å². The van der Waals surface area contributed by atoms with Crippen LogP contribution in [0.5, 0.6) is 0 Å². The molecule has 0 atom stereocenters. The third-order valence-corrected chi connectivity index (χ3v) is 6.02. The van der Waals surface area contributed by atoms with Gasteiger partial charge in [-0.3, -0.25) is 9.69 Å². The highest BCUT2D eigenvalue weighted by Crippen LogP contribution is 2.20. The van der Waals surface area contributed by atoms with Crippen molar-refractivity contribution < 1.29 is 4.79 Å². The molecule has 3 heterocycles. The highest BCUT2D eigenvalue weighted by molar-refractivity contribution is 5.79. The fourth-order valence-corrected chi connectivity index (χ4v) is 4.22. The van der Waals surface area contributed by atoms with Crippen molar-refractivity contribution in [3.05, 3.63) is 96.4 Å². The van der Waals surface area contributed by atoms with Crippen molar-refractivity contribution in [3.8, 4) is 11.1 Å². The van der Waals surface area contributed by atoms with Crippen LogP contribution in [0, 0.1) is 0 Å². The van der Waals surface area contributed by atoms with Gasteiger partial charge in [-0.15, -0.1) is 0 Å². The molecule has 5 heteroatoms. The molecule has 0 spiro atoms. The molecule has 5 rings (SSSR count).